The number of fused-ring (bicyclic) bond motifs is 1. The molecule has 0 bridgehead atoms. The Morgan fingerprint density at radius 2 is 1.95 bits per heavy atom. The third kappa shape index (κ3) is 4.68. The summed E-state index contributed by atoms with van der Waals surface area (Å²) in [5.41, 5.74) is 0.346. The Morgan fingerprint density at radius 3 is 2.74 bits per heavy atom. The molecule has 0 aliphatic carbocycles. The van der Waals surface area contributed by atoms with Gasteiger partial charge < -0.3 is 9.71 Å². The lowest BCUT2D eigenvalue weighted by Crippen LogP contribution is -2.09. The quantitative estimate of drug-likeness (QED) is 0.162. The number of nitrogens with one attached hydrogen (secondary N) is 2. The summed E-state index contributed by atoms with van der Waals surface area (Å²) in [5, 5.41) is 1.13. The highest BCUT2D eigenvalue weighted by Crippen LogP contribution is 2.33. The van der Waals surface area contributed by atoms with Gasteiger partial charge in [-0.1, -0.05) is 17.4 Å². The van der Waals surface area contributed by atoms with Crippen LogP contribution in [0.25, 0.3) is 26.6 Å². The van der Waals surface area contributed by atoms with Gasteiger partial charge in [0.1, 0.15) is 23.1 Å². The van der Waals surface area contributed by atoms with Gasteiger partial charge >= 0.3 is 0 Å². The molecule has 12 heteroatoms. The molecule has 0 aliphatic heterocycles. The maximum absolute atomic E-state index is 15.4. The molecule has 0 saturated carbocycles. The van der Waals surface area contributed by atoms with Crippen molar-refractivity contribution in [1.82, 2.24) is 24.5 Å². The van der Waals surface area contributed by atoms with Gasteiger partial charge in [0.05, 0.1) is 16.1 Å². The van der Waals surface area contributed by atoms with E-state index >= 15 is 4.39 Å². The van der Waals surface area contributed by atoms with Crippen LogP contribution in [-0.2, 0) is 0 Å². The maximum Gasteiger partial charge on any atom is 0.201 e. The molecule has 0 radical (unpaired) electrons. The van der Waals surface area contributed by atoms with Crippen molar-refractivity contribution in [3.63, 3.8) is 0 Å². The summed E-state index contributed by atoms with van der Waals surface area (Å²) in [6.07, 6.45) is 8.22. The topological polar surface area (TPSA) is 88.5 Å². The number of aryl methyl sites for hydroxylation is 1. The van der Waals surface area contributed by atoms with Gasteiger partial charge in [0.15, 0.2) is 10.9 Å². The normalized spacial score (nSPS) is 11.3. The number of imidazole rings is 1. The highest BCUT2D eigenvalue weighted by Gasteiger charge is 2.25. The lowest BCUT2D eigenvalue weighted by molar-refractivity contribution is 0.103. The molecule has 0 unspecified atom stereocenters. The summed E-state index contributed by atoms with van der Waals surface area (Å²) in [4.78, 5) is 30.7. The number of hydrogen-bond donors (Lipinski definition) is 2. The summed E-state index contributed by atoms with van der Waals surface area (Å²) in [5.74, 6) is -2.55. The molecule has 6 rings (SSSR count). The van der Waals surface area contributed by atoms with E-state index < -0.39 is 28.8 Å². The molecule has 194 valence electrons. The first-order valence-corrected chi connectivity index (χ1v) is 13.2. The van der Waals surface area contributed by atoms with Gasteiger partial charge in [0.2, 0.25) is 5.78 Å². The number of benzene rings is 2. The molecule has 2 aromatic carbocycles. The number of hydrogen-bond acceptors (Lipinski definition) is 7. The van der Waals surface area contributed by atoms with Crippen molar-refractivity contribution in [1.29, 1.82) is 0 Å². The van der Waals surface area contributed by atoms with Crippen LogP contribution < -0.4 is 4.72 Å². The molecular formula is C27H17F3N6OS2. The first-order chi connectivity index (χ1) is 18.9. The zero-order valence-corrected chi connectivity index (χ0v) is 21.7. The molecule has 6 aromatic rings. The minimum Gasteiger partial charge on any atom is -0.345 e. The van der Waals surface area contributed by atoms with Crippen molar-refractivity contribution in [2.45, 2.75) is 11.8 Å². The summed E-state index contributed by atoms with van der Waals surface area (Å²) in [6.45, 7) is 1.87. The Morgan fingerprint density at radius 1 is 1.08 bits per heavy atom. The van der Waals surface area contributed by atoms with E-state index in [0.29, 0.717) is 21.5 Å². The van der Waals surface area contributed by atoms with Crippen LogP contribution in [0.15, 0.2) is 78.3 Å². The second kappa shape index (κ2) is 10.0. The highest BCUT2D eigenvalue weighted by atomic mass is 32.2. The van der Waals surface area contributed by atoms with Crippen LogP contribution in [0.3, 0.4) is 0 Å². The van der Waals surface area contributed by atoms with Crippen molar-refractivity contribution >= 4 is 45.8 Å². The predicted molar refractivity (Wildman–Crippen MR) is 145 cm³/mol. The Kier molecular flexibility index (Phi) is 6.41. The van der Waals surface area contributed by atoms with E-state index in [9.17, 15) is 13.6 Å². The van der Waals surface area contributed by atoms with E-state index in [4.69, 9.17) is 0 Å². The van der Waals surface area contributed by atoms with Gasteiger partial charge in [-0.25, -0.2) is 28.1 Å². The molecule has 39 heavy (non-hydrogen) atoms. The second-order valence-corrected chi connectivity index (χ2v) is 10.3. The first-order valence-electron chi connectivity index (χ1n) is 11.5. The zero-order chi connectivity index (χ0) is 27.1. The number of carbonyl (C=O) groups is 1. The Balaban J connectivity index is 1.33. The maximum atomic E-state index is 15.4. The van der Waals surface area contributed by atoms with Crippen LogP contribution in [0.5, 0.6) is 0 Å². The van der Waals surface area contributed by atoms with Gasteiger partial charge in [-0.15, -0.1) is 0 Å². The second-order valence-electron chi connectivity index (χ2n) is 8.45. The molecule has 7 nitrogen and oxygen atoms in total. The Hall–Kier alpha value is -4.42. The summed E-state index contributed by atoms with van der Waals surface area (Å²) < 4.78 is 48.3. The number of ketones is 1. The van der Waals surface area contributed by atoms with Crippen LogP contribution >= 0.6 is 23.3 Å². The van der Waals surface area contributed by atoms with Crippen molar-refractivity contribution in [3.05, 3.63) is 108 Å². The smallest absolute Gasteiger partial charge is 0.201 e. The molecule has 2 N–H and O–H groups in total. The molecule has 0 amide bonds. The first kappa shape index (κ1) is 24.9. The van der Waals surface area contributed by atoms with Gasteiger partial charge in [0.25, 0.3) is 0 Å². The predicted octanol–water partition coefficient (Wildman–Crippen LogP) is 6.95. The zero-order valence-electron chi connectivity index (χ0n) is 20.1. The Bertz CT molecular complexity index is 1860. The molecular weight excluding hydrogens is 545 g/mol. The summed E-state index contributed by atoms with van der Waals surface area (Å²) in [7, 11) is 0. The van der Waals surface area contributed by atoms with E-state index in [0.717, 1.165) is 33.8 Å². The number of rotatable bonds is 7. The number of aromatic nitrogens is 5. The standard InChI is InChI=1S/C27H17F3N6OS2/c1-14-31-7-8-36(14)27-34-13-22(38-27)15-9-18-19(12-33-26(18)32-11-15)25(37)23-20(29)5-6-21(24(23)30)35-39-17-4-2-3-16(28)10-17/h2-13,35H,1H3,(H,32,33). The third-order valence-corrected chi connectivity index (χ3v) is 7.84. The molecule has 0 fully saturated rings. The SMILES string of the molecule is Cc1nccn1-c1ncc(-c2cnc3[nH]cc(C(=O)c4c(F)ccc(NSc5cccc(F)c5)c4F)c3c2)s1. The van der Waals surface area contributed by atoms with E-state index in [-0.39, 0.29) is 11.3 Å². The molecule has 0 atom stereocenters. The van der Waals surface area contributed by atoms with E-state index in [1.807, 2.05) is 17.7 Å². The van der Waals surface area contributed by atoms with E-state index in [1.165, 1.54) is 41.8 Å². The third-order valence-electron chi connectivity index (χ3n) is 5.98. The van der Waals surface area contributed by atoms with Gasteiger partial charge in [-0.05, 0) is 55.3 Å². The average molecular weight is 563 g/mol. The van der Waals surface area contributed by atoms with Crippen LogP contribution in [0.1, 0.15) is 21.7 Å². The number of aromatic amines is 1. The molecule has 0 aliphatic rings. The van der Waals surface area contributed by atoms with Gasteiger partial charge in [-0.2, -0.15) is 0 Å². The highest BCUT2D eigenvalue weighted by molar-refractivity contribution is 8.00. The van der Waals surface area contributed by atoms with Crippen molar-refractivity contribution in [2.24, 2.45) is 0 Å². The lowest BCUT2D eigenvalue weighted by atomic mass is 10.0. The number of nitrogens with zero attached hydrogens (tertiary/aromatic N) is 4. The largest absolute Gasteiger partial charge is 0.345 e. The molecule has 0 spiro atoms. The van der Waals surface area contributed by atoms with Crippen LogP contribution in [0.4, 0.5) is 18.9 Å². The minimum absolute atomic E-state index is 0.0716. The van der Waals surface area contributed by atoms with Crippen molar-refractivity contribution < 1.29 is 18.0 Å². The number of pyridine rings is 1. The van der Waals surface area contributed by atoms with Crippen LogP contribution in [0.2, 0.25) is 0 Å². The minimum atomic E-state index is -1.05. The van der Waals surface area contributed by atoms with Gasteiger partial charge in [-0.3, -0.25) is 9.36 Å². The van der Waals surface area contributed by atoms with E-state index in [2.05, 4.69) is 24.7 Å². The van der Waals surface area contributed by atoms with E-state index in [1.54, 1.807) is 30.7 Å². The fraction of sp³-hybridized carbons (Fsp3) is 0.0370. The van der Waals surface area contributed by atoms with Crippen molar-refractivity contribution in [3.8, 4) is 15.6 Å². The molecule has 4 heterocycles. The fourth-order valence-corrected chi connectivity index (χ4v) is 5.67. The number of H-pyrrole nitrogens is 1. The van der Waals surface area contributed by atoms with Gasteiger partial charge in [0, 0.05) is 52.4 Å². The van der Waals surface area contributed by atoms with Crippen LogP contribution in [-0.4, -0.2) is 30.3 Å². The number of carbonyl (C=O) groups excluding carboxylic acids is 1. The molecule has 0 saturated heterocycles. The fourth-order valence-electron chi connectivity index (χ4n) is 4.03. The Labute approximate surface area is 227 Å². The monoisotopic (exact) mass is 562 g/mol. The number of halogens is 3. The lowest BCUT2D eigenvalue weighted by Gasteiger charge is -2.11. The number of anilines is 1. The summed E-state index contributed by atoms with van der Waals surface area (Å²) >= 11 is 2.35. The van der Waals surface area contributed by atoms with Crippen LogP contribution in [0, 0.1) is 24.4 Å². The average Bonchev–Trinajstić information content (AvgIpc) is 3.67. The molecule has 4 aromatic heterocycles. The van der Waals surface area contributed by atoms with Crippen molar-refractivity contribution in [2.75, 3.05) is 4.72 Å². The number of thiazole rings is 1. The summed E-state index contributed by atoms with van der Waals surface area (Å²) in [6, 6.07) is 9.64.